The van der Waals surface area contributed by atoms with Gasteiger partial charge in [-0.3, -0.25) is 9.88 Å². The summed E-state index contributed by atoms with van der Waals surface area (Å²) in [5, 5.41) is 13.7. The molecule has 1 aliphatic rings. The van der Waals surface area contributed by atoms with Crippen LogP contribution in [0, 0.1) is 5.21 Å². The fourth-order valence-electron chi connectivity index (χ4n) is 4.67. The number of carbonyl (C=O) groups excluding carboxylic acids is 1. The second-order valence-corrected chi connectivity index (χ2v) is 9.03. The molecule has 0 spiro atoms. The second-order valence-electron chi connectivity index (χ2n) is 9.03. The predicted molar refractivity (Wildman–Crippen MR) is 136 cm³/mol. The Hall–Kier alpha value is -3.58. The molecule has 6 nitrogen and oxygen atoms in total. The van der Waals surface area contributed by atoms with Gasteiger partial charge >= 0.3 is 5.91 Å². The average molecular weight is 468 g/mol. The first-order chi connectivity index (χ1) is 17.2. The van der Waals surface area contributed by atoms with Crippen molar-refractivity contribution < 1.29 is 14.6 Å². The van der Waals surface area contributed by atoms with E-state index in [4.69, 9.17) is 4.74 Å². The lowest BCUT2D eigenvalue weighted by molar-refractivity contribution is -0.790. The van der Waals surface area contributed by atoms with Crippen LogP contribution >= 0.6 is 0 Å². The van der Waals surface area contributed by atoms with Crippen molar-refractivity contribution in [3.8, 4) is 5.75 Å². The molecule has 6 heteroatoms. The van der Waals surface area contributed by atoms with Gasteiger partial charge in [0.25, 0.3) is 0 Å². The number of likely N-dealkylation sites (tertiary alicyclic amines) is 1. The zero-order chi connectivity index (χ0) is 24.0. The van der Waals surface area contributed by atoms with Crippen LogP contribution < -0.4 is 9.80 Å². The summed E-state index contributed by atoms with van der Waals surface area (Å²) in [6, 6.07) is 26.9. The summed E-state index contributed by atoms with van der Waals surface area (Å²) in [6.45, 7) is 2.94. The maximum atomic E-state index is 12.9. The van der Waals surface area contributed by atoms with Crippen molar-refractivity contribution >= 4 is 16.8 Å². The summed E-state index contributed by atoms with van der Waals surface area (Å²) in [4.78, 5) is 19.6. The van der Waals surface area contributed by atoms with Crippen LogP contribution in [0.4, 0.5) is 0 Å². The van der Waals surface area contributed by atoms with E-state index in [-0.39, 0.29) is 11.1 Å². The van der Waals surface area contributed by atoms with Gasteiger partial charge in [-0.05, 0) is 42.0 Å². The molecule has 178 valence electrons. The first-order valence-electron chi connectivity index (χ1n) is 12.1. The smallest absolute Gasteiger partial charge is 0.344 e. The maximum absolute atomic E-state index is 12.9. The number of pyridine rings is 1. The highest BCUT2D eigenvalue weighted by Gasteiger charge is 2.28. The van der Waals surface area contributed by atoms with Crippen molar-refractivity contribution in [3.63, 3.8) is 0 Å². The van der Waals surface area contributed by atoms with Crippen LogP contribution in [0.1, 0.15) is 34.3 Å². The number of fused-ring (bicyclic) bond motifs is 1. The van der Waals surface area contributed by atoms with Crippen LogP contribution in [0.25, 0.3) is 10.9 Å². The molecule has 1 atom stereocenters. The number of para-hydroxylation sites is 1. The van der Waals surface area contributed by atoms with E-state index in [9.17, 15) is 10.0 Å². The van der Waals surface area contributed by atoms with E-state index in [2.05, 4.69) is 22.0 Å². The molecule has 1 aromatic heterocycles. The van der Waals surface area contributed by atoms with Crippen LogP contribution in [0.3, 0.4) is 0 Å². The molecule has 2 heterocycles. The Labute approximate surface area is 205 Å². The first-order valence-corrected chi connectivity index (χ1v) is 12.1. The number of quaternary nitrogens is 1. The zero-order valence-electron chi connectivity index (χ0n) is 19.6. The number of nitrogens with one attached hydrogen (secondary N) is 1. The Morgan fingerprint density at radius 2 is 1.66 bits per heavy atom. The van der Waals surface area contributed by atoms with Crippen LogP contribution in [-0.2, 0) is 13.2 Å². The Morgan fingerprint density at radius 1 is 0.943 bits per heavy atom. The van der Waals surface area contributed by atoms with Crippen LogP contribution in [-0.4, -0.2) is 34.9 Å². The Bertz CT molecular complexity index is 1260. The molecule has 1 saturated heterocycles. The van der Waals surface area contributed by atoms with Crippen molar-refractivity contribution in [1.29, 1.82) is 0 Å². The number of amides is 1. The van der Waals surface area contributed by atoms with E-state index in [0.29, 0.717) is 17.9 Å². The van der Waals surface area contributed by atoms with Gasteiger partial charge in [0.05, 0.1) is 17.1 Å². The molecular formula is C29H29N3O3. The van der Waals surface area contributed by atoms with Crippen LogP contribution in [0.15, 0.2) is 91.1 Å². The maximum Gasteiger partial charge on any atom is 0.344 e. The SMILES string of the molecule is O=C(c1ccc(OCc2ccnc3ccccc23)cc1)[NH+]([O-])C1CCN(Cc2ccccc2)CC1. The van der Waals surface area contributed by atoms with E-state index in [1.807, 2.05) is 48.5 Å². The number of carbonyl (C=O) groups is 1. The molecule has 1 amide bonds. The summed E-state index contributed by atoms with van der Waals surface area (Å²) < 4.78 is 5.94. The second kappa shape index (κ2) is 10.8. The lowest BCUT2D eigenvalue weighted by Crippen LogP contribution is -3.14. The van der Waals surface area contributed by atoms with Crippen molar-refractivity contribution in [2.45, 2.75) is 32.0 Å². The quantitative estimate of drug-likeness (QED) is 0.416. The van der Waals surface area contributed by atoms with Crippen LogP contribution in [0.5, 0.6) is 5.75 Å². The molecule has 3 aromatic carbocycles. The molecule has 5 rings (SSSR count). The average Bonchev–Trinajstić information content (AvgIpc) is 2.92. The summed E-state index contributed by atoms with van der Waals surface area (Å²) in [6.07, 6.45) is 3.22. The number of hydroxylamine groups is 2. The molecule has 0 bridgehead atoms. The predicted octanol–water partition coefficient (Wildman–Crippen LogP) is 4.00. The number of piperidine rings is 1. The van der Waals surface area contributed by atoms with Gasteiger partial charge in [0.2, 0.25) is 0 Å². The third kappa shape index (κ3) is 5.57. The number of aromatic nitrogens is 1. The van der Waals surface area contributed by atoms with E-state index < -0.39 is 5.91 Å². The molecular weight excluding hydrogens is 438 g/mol. The Kier molecular flexibility index (Phi) is 7.14. The van der Waals surface area contributed by atoms with E-state index in [1.165, 1.54) is 5.56 Å². The van der Waals surface area contributed by atoms with Crippen molar-refractivity contribution in [1.82, 2.24) is 9.88 Å². The number of ether oxygens (including phenoxy) is 1. The molecule has 35 heavy (non-hydrogen) atoms. The fourth-order valence-corrected chi connectivity index (χ4v) is 4.67. The van der Waals surface area contributed by atoms with Gasteiger partial charge in [0, 0.05) is 49.6 Å². The first kappa shape index (κ1) is 23.2. The summed E-state index contributed by atoms with van der Waals surface area (Å²) >= 11 is 0. The molecule has 1 fully saturated rings. The lowest BCUT2D eigenvalue weighted by atomic mass is 10.0. The monoisotopic (exact) mass is 467 g/mol. The van der Waals surface area contributed by atoms with Gasteiger partial charge in [-0.1, -0.05) is 48.5 Å². The Balaban J connectivity index is 1.14. The highest BCUT2D eigenvalue weighted by molar-refractivity contribution is 5.87. The summed E-state index contributed by atoms with van der Waals surface area (Å²) in [5.74, 6) is 0.252. The van der Waals surface area contributed by atoms with Gasteiger partial charge < -0.3 is 15.0 Å². The molecule has 4 aromatic rings. The van der Waals surface area contributed by atoms with E-state index in [1.54, 1.807) is 30.5 Å². The lowest BCUT2D eigenvalue weighted by Gasteiger charge is -2.36. The summed E-state index contributed by atoms with van der Waals surface area (Å²) in [5.41, 5.74) is 3.67. The molecule has 1 aliphatic heterocycles. The van der Waals surface area contributed by atoms with E-state index in [0.717, 1.165) is 48.9 Å². The standard InChI is InChI=1S/C29H29N3O3/c33-29(32(34)25-15-18-31(19-16-25)20-22-6-2-1-3-7-22)23-10-12-26(13-11-23)35-21-24-14-17-30-28-9-5-4-8-27(24)28/h1-14,17,25,32H,15-16,18-21H2. The highest BCUT2D eigenvalue weighted by atomic mass is 16.5. The summed E-state index contributed by atoms with van der Waals surface area (Å²) in [7, 11) is 0. The van der Waals surface area contributed by atoms with Gasteiger partial charge in [-0.25, -0.2) is 4.79 Å². The Morgan fingerprint density at radius 3 is 2.43 bits per heavy atom. The minimum atomic E-state index is -0.404. The van der Waals surface area contributed by atoms with Gasteiger partial charge in [0.1, 0.15) is 12.4 Å². The minimum Gasteiger partial charge on any atom is -0.626 e. The fraction of sp³-hybridized carbons (Fsp3) is 0.241. The number of nitrogens with zero attached hydrogens (tertiary/aromatic N) is 2. The number of rotatable bonds is 7. The number of hydrogen-bond acceptors (Lipinski definition) is 5. The van der Waals surface area contributed by atoms with Crippen molar-refractivity contribution in [2.75, 3.05) is 13.1 Å². The van der Waals surface area contributed by atoms with Crippen molar-refractivity contribution in [2.24, 2.45) is 0 Å². The molecule has 0 saturated carbocycles. The van der Waals surface area contributed by atoms with Crippen LogP contribution in [0.2, 0.25) is 0 Å². The number of benzene rings is 3. The normalized spacial score (nSPS) is 15.7. The molecule has 1 N–H and O–H groups in total. The van der Waals surface area contributed by atoms with Crippen molar-refractivity contribution in [3.05, 3.63) is 113 Å². The van der Waals surface area contributed by atoms with E-state index >= 15 is 0 Å². The third-order valence-corrected chi connectivity index (χ3v) is 6.68. The minimum absolute atomic E-state index is 0.203. The molecule has 1 unspecified atom stereocenters. The van der Waals surface area contributed by atoms with Gasteiger partial charge in [0.15, 0.2) is 0 Å². The zero-order valence-corrected chi connectivity index (χ0v) is 19.6. The molecule has 0 radical (unpaired) electrons. The highest BCUT2D eigenvalue weighted by Crippen LogP contribution is 2.20. The van der Waals surface area contributed by atoms with Gasteiger partial charge in [-0.2, -0.15) is 0 Å². The topological polar surface area (TPSA) is 69.9 Å². The molecule has 0 aliphatic carbocycles. The largest absolute Gasteiger partial charge is 0.626 e. The van der Waals surface area contributed by atoms with Gasteiger partial charge in [-0.15, -0.1) is 0 Å². The third-order valence-electron chi connectivity index (χ3n) is 6.68. The number of hydrogen-bond donors (Lipinski definition) is 1.